The first-order valence-corrected chi connectivity index (χ1v) is 8.32. The summed E-state index contributed by atoms with van der Waals surface area (Å²) < 4.78 is 27.8. The molecule has 0 saturated heterocycles. The van der Waals surface area contributed by atoms with E-state index in [4.69, 9.17) is 0 Å². The summed E-state index contributed by atoms with van der Waals surface area (Å²) in [6.45, 7) is 1.95. The van der Waals surface area contributed by atoms with Gasteiger partial charge >= 0.3 is 0 Å². The topological polar surface area (TPSA) is 101 Å². The molecule has 1 aliphatic rings. The van der Waals surface area contributed by atoms with Crippen LogP contribution in [0.1, 0.15) is 32.6 Å². The van der Waals surface area contributed by atoms with Crippen LogP contribution in [0.25, 0.3) is 0 Å². The number of nitro benzene ring substituents is 1. The van der Waals surface area contributed by atoms with E-state index in [1.807, 2.05) is 6.92 Å². The zero-order valence-electron chi connectivity index (χ0n) is 12.0. The third kappa shape index (κ3) is 3.01. The van der Waals surface area contributed by atoms with Crippen molar-refractivity contribution in [2.75, 3.05) is 12.4 Å². The predicted molar refractivity (Wildman–Crippen MR) is 79.8 cm³/mol. The van der Waals surface area contributed by atoms with Crippen molar-refractivity contribution >= 4 is 21.4 Å². The predicted octanol–water partition coefficient (Wildman–Crippen LogP) is 2.25. The first kappa shape index (κ1) is 15.7. The monoisotopic (exact) mass is 313 g/mol. The molecule has 1 aliphatic carbocycles. The standard InChI is InChI=1S/C13H19N3O4S/c1-3-13(7-4-8-13)15-21(19,20)12-6-5-10(16(17)18)9-11(12)14-2/h5-6,9,14-15H,3-4,7-8H2,1-2H3. The lowest BCUT2D eigenvalue weighted by Gasteiger charge is -2.41. The highest BCUT2D eigenvalue weighted by Gasteiger charge is 2.39. The van der Waals surface area contributed by atoms with Gasteiger partial charge in [-0.05, 0) is 31.7 Å². The smallest absolute Gasteiger partial charge is 0.271 e. The van der Waals surface area contributed by atoms with Crippen molar-refractivity contribution in [2.24, 2.45) is 0 Å². The summed E-state index contributed by atoms with van der Waals surface area (Å²) in [5.41, 5.74) is -0.291. The van der Waals surface area contributed by atoms with E-state index in [0.717, 1.165) is 25.7 Å². The summed E-state index contributed by atoms with van der Waals surface area (Å²) in [5, 5.41) is 13.5. The number of non-ortho nitro benzene ring substituents is 1. The number of rotatable bonds is 6. The van der Waals surface area contributed by atoms with E-state index in [1.165, 1.54) is 25.2 Å². The lowest BCUT2D eigenvalue weighted by atomic mass is 9.76. The average molecular weight is 313 g/mol. The fourth-order valence-electron chi connectivity index (χ4n) is 2.53. The van der Waals surface area contributed by atoms with E-state index < -0.39 is 14.9 Å². The van der Waals surface area contributed by atoms with Gasteiger partial charge in [0.05, 0.1) is 10.6 Å². The van der Waals surface area contributed by atoms with Gasteiger partial charge in [-0.2, -0.15) is 0 Å². The molecule has 21 heavy (non-hydrogen) atoms. The van der Waals surface area contributed by atoms with E-state index in [9.17, 15) is 18.5 Å². The molecule has 1 fully saturated rings. The van der Waals surface area contributed by atoms with Crippen molar-refractivity contribution in [3.05, 3.63) is 28.3 Å². The number of sulfonamides is 1. The molecule has 2 N–H and O–H groups in total. The summed E-state index contributed by atoms with van der Waals surface area (Å²) in [6.07, 6.45) is 3.39. The highest BCUT2D eigenvalue weighted by Crippen LogP contribution is 2.37. The molecule has 1 saturated carbocycles. The molecule has 0 atom stereocenters. The Bertz CT molecular complexity index is 648. The lowest BCUT2D eigenvalue weighted by Crippen LogP contribution is -2.52. The van der Waals surface area contributed by atoms with Crippen molar-refractivity contribution in [1.29, 1.82) is 0 Å². The largest absolute Gasteiger partial charge is 0.387 e. The molecule has 0 spiro atoms. The molecule has 116 valence electrons. The Kier molecular flexibility index (Phi) is 4.20. The van der Waals surface area contributed by atoms with Crippen LogP contribution >= 0.6 is 0 Å². The Labute approximate surface area is 123 Å². The first-order chi connectivity index (χ1) is 9.83. The van der Waals surface area contributed by atoms with Crippen LogP contribution in [0, 0.1) is 10.1 Å². The van der Waals surface area contributed by atoms with Crippen LogP contribution in [-0.4, -0.2) is 25.9 Å². The molecule has 0 bridgehead atoms. The number of nitrogens with zero attached hydrogens (tertiary/aromatic N) is 1. The Morgan fingerprint density at radius 2 is 2.05 bits per heavy atom. The third-order valence-corrected chi connectivity index (χ3v) is 5.71. The Morgan fingerprint density at radius 3 is 2.48 bits per heavy atom. The third-order valence-electron chi connectivity index (χ3n) is 4.07. The van der Waals surface area contributed by atoms with Gasteiger partial charge < -0.3 is 5.32 Å². The quantitative estimate of drug-likeness (QED) is 0.619. The number of hydrogen-bond donors (Lipinski definition) is 2. The zero-order chi connectivity index (χ0) is 15.7. The van der Waals surface area contributed by atoms with Crippen LogP contribution in [-0.2, 0) is 10.0 Å². The molecule has 1 aromatic rings. The number of nitrogens with one attached hydrogen (secondary N) is 2. The summed E-state index contributed by atoms with van der Waals surface area (Å²) >= 11 is 0. The van der Waals surface area contributed by atoms with Gasteiger partial charge in [0.1, 0.15) is 4.90 Å². The molecule has 0 amide bonds. The van der Waals surface area contributed by atoms with Crippen LogP contribution in [0.2, 0.25) is 0 Å². The SMILES string of the molecule is CCC1(NS(=O)(=O)c2ccc([N+](=O)[O-])cc2NC)CCC1. The minimum atomic E-state index is -3.71. The van der Waals surface area contributed by atoms with Gasteiger partial charge in [-0.15, -0.1) is 0 Å². The highest BCUT2D eigenvalue weighted by atomic mass is 32.2. The summed E-state index contributed by atoms with van der Waals surface area (Å²) in [6, 6.07) is 3.71. The zero-order valence-corrected chi connectivity index (χ0v) is 12.9. The van der Waals surface area contributed by atoms with Gasteiger partial charge in [0, 0.05) is 24.7 Å². The average Bonchev–Trinajstić information content (AvgIpc) is 2.42. The number of nitro groups is 1. The van der Waals surface area contributed by atoms with E-state index in [1.54, 1.807) is 0 Å². The summed E-state index contributed by atoms with van der Waals surface area (Å²) in [4.78, 5) is 10.3. The molecule has 0 unspecified atom stereocenters. The maximum Gasteiger partial charge on any atom is 0.271 e. The van der Waals surface area contributed by atoms with Crippen LogP contribution in [0.15, 0.2) is 23.1 Å². The Hall–Kier alpha value is -1.67. The molecule has 0 aromatic heterocycles. The van der Waals surface area contributed by atoms with E-state index in [-0.39, 0.29) is 21.8 Å². The van der Waals surface area contributed by atoms with Gasteiger partial charge in [-0.3, -0.25) is 10.1 Å². The fraction of sp³-hybridized carbons (Fsp3) is 0.538. The minimum absolute atomic E-state index is 0.0373. The number of hydrogen-bond acceptors (Lipinski definition) is 5. The number of anilines is 1. The molecule has 1 aromatic carbocycles. The van der Waals surface area contributed by atoms with Crippen molar-refractivity contribution in [1.82, 2.24) is 4.72 Å². The lowest BCUT2D eigenvalue weighted by molar-refractivity contribution is -0.384. The second-order valence-corrected chi connectivity index (χ2v) is 6.93. The number of benzene rings is 1. The maximum absolute atomic E-state index is 12.5. The maximum atomic E-state index is 12.5. The van der Waals surface area contributed by atoms with E-state index >= 15 is 0 Å². The van der Waals surface area contributed by atoms with Gasteiger partial charge in [-0.1, -0.05) is 6.92 Å². The fourth-order valence-corrected chi connectivity index (χ4v) is 4.26. The van der Waals surface area contributed by atoms with Gasteiger partial charge in [-0.25, -0.2) is 13.1 Å². The van der Waals surface area contributed by atoms with Crippen molar-refractivity contribution in [3.8, 4) is 0 Å². The van der Waals surface area contributed by atoms with Crippen LogP contribution in [0.4, 0.5) is 11.4 Å². The molecule has 0 heterocycles. The normalized spacial score (nSPS) is 17.0. The second-order valence-electron chi connectivity index (χ2n) is 5.28. The van der Waals surface area contributed by atoms with Gasteiger partial charge in [0.15, 0.2) is 0 Å². The molecule has 8 heteroatoms. The van der Waals surface area contributed by atoms with E-state index in [2.05, 4.69) is 10.0 Å². The summed E-state index contributed by atoms with van der Waals surface area (Å²) in [5.74, 6) is 0. The van der Waals surface area contributed by atoms with Crippen molar-refractivity contribution in [2.45, 2.75) is 43.0 Å². The van der Waals surface area contributed by atoms with Crippen LogP contribution < -0.4 is 10.0 Å². The summed E-state index contributed by atoms with van der Waals surface area (Å²) in [7, 11) is -2.17. The molecule has 0 aliphatic heterocycles. The molecule has 2 rings (SSSR count). The van der Waals surface area contributed by atoms with Gasteiger partial charge in [0.2, 0.25) is 10.0 Å². The molecular weight excluding hydrogens is 294 g/mol. The highest BCUT2D eigenvalue weighted by molar-refractivity contribution is 7.89. The molecule has 7 nitrogen and oxygen atoms in total. The van der Waals surface area contributed by atoms with Crippen LogP contribution in [0.3, 0.4) is 0 Å². The molecular formula is C13H19N3O4S. The Morgan fingerprint density at radius 1 is 1.38 bits per heavy atom. The van der Waals surface area contributed by atoms with Gasteiger partial charge in [0.25, 0.3) is 5.69 Å². The Balaban J connectivity index is 2.37. The minimum Gasteiger partial charge on any atom is -0.387 e. The van der Waals surface area contributed by atoms with Crippen molar-refractivity contribution < 1.29 is 13.3 Å². The second kappa shape index (κ2) is 5.61. The van der Waals surface area contributed by atoms with Crippen molar-refractivity contribution in [3.63, 3.8) is 0 Å². The first-order valence-electron chi connectivity index (χ1n) is 6.84. The van der Waals surface area contributed by atoms with E-state index in [0.29, 0.717) is 0 Å². The van der Waals surface area contributed by atoms with Crippen LogP contribution in [0.5, 0.6) is 0 Å². The molecule has 0 radical (unpaired) electrons.